The van der Waals surface area contributed by atoms with Crippen LogP contribution in [0.3, 0.4) is 0 Å². The number of nitrogens with zero attached hydrogens (tertiary/aromatic N) is 3. The largest absolute Gasteiger partial charge is 0.333 e. The highest BCUT2D eigenvalue weighted by Crippen LogP contribution is 2.28. The van der Waals surface area contributed by atoms with Crippen molar-refractivity contribution in [3.05, 3.63) is 29.3 Å². The van der Waals surface area contributed by atoms with E-state index in [1.165, 1.54) is 4.90 Å². The van der Waals surface area contributed by atoms with E-state index in [0.717, 1.165) is 22.3 Å². The van der Waals surface area contributed by atoms with Gasteiger partial charge in [0.2, 0.25) is 5.91 Å². The number of aromatic amines is 1. The maximum absolute atomic E-state index is 12.4. The maximum atomic E-state index is 12.4. The Kier molecular flexibility index (Phi) is 3.46. The smallest absolute Gasteiger partial charge is 0.289 e. The molecule has 2 aliphatic heterocycles. The lowest BCUT2D eigenvalue weighted by Crippen LogP contribution is -2.62. The molecule has 1 N–H and O–H groups in total. The second kappa shape index (κ2) is 5.50. The summed E-state index contributed by atoms with van der Waals surface area (Å²) in [6.45, 7) is 0.746. The molecule has 7 nitrogen and oxygen atoms in total. The zero-order chi connectivity index (χ0) is 16.0. The summed E-state index contributed by atoms with van der Waals surface area (Å²) < 4.78 is 0. The van der Waals surface area contributed by atoms with Crippen molar-refractivity contribution < 1.29 is 14.4 Å². The lowest BCUT2D eigenvalue weighted by molar-refractivity contribution is -0.128. The van der Waals surface area contributed by atoms with Gasteiger partial charge in [0.05, 0.1) is 22.4 Å². The third-order valence-electron chi connectivity index (χ3n) is 3.88. The highest BCUT2D eigenvalue weighted by molar-refractivity contribution is 8.14. The number of hydrogen-bond donors (Lipinski definition) is 1. The first-order chi connectivity index (χ1) is 11.1. The van der Waals surface area contributed by atoms with Crippen LogP contribution in [-0.2, 0) is 4.79 Å². The van der Waals surface area contributed by atoms with E-state index in [1.807, 2.05) is 17.5 Å². The van der Waals surface area contributed by atoms with Gasteiger partial charge in [0, 0.05) is 13.1 Å². The fourth-order valence-corrected chi connectivity index (χ4v) is 4.12. The fourth-order valence-electron chi connectivity index (χ4n) is 2.65. The summed E-state index contributed by atoms with van der Waals surface area (Å²) in [6.07, 6.45) is 0. The number of thioether (sulfide) groups is 1. The third-order valence-corrected chi connectivity index (χ3v) is 5.62. The van der Waals surface area contributed by atoms with Gasteiger partial charge in [0.1, 0.15) is 0 Å². The van der Waals surface area contributed by atoms with E-state index in [-0.39, 0.29) is 28.8 Å². The molecular formula is C14H12N4O3S2. The molecule has 0 aromatic carbocycles. The van der Waals surface area contributed by atoms with Gasteiger partial charge in [-0.15, -0.1) is 11.3 Å². The standard InChI is InChI=1S/C14H12N4O3S2/c19-12-7-23-14(21)18(12)8-5-17(6-8)13(20)10-4-9(15-16-10)11-2-1-3-22-11/h1-4,8H,5-7H2,(H,15,16). The summed E-state index contributed by atoms with van der Waals surface area (Å²) in [5, 5.41) is 8.67. The van der Waals surface area contributed by atoms with Gasteiger partial charge in [0.25, 0.3) is 11.1 Å². The third kappa shape index (κ3) is 2.45. The maximum Gasteiger partial charge on any atom is 0.289 e. The molecule has 3 amide bonds. The fraction of sp³-hybridized carbons (Fsp3) is 0.286. The second-order valence-corrected chi connectivity index (χ2v) is 7.20. The van der Waals surface area contributed by atoms with E-state index in [1.54, 1.807) is 22.3 Å². The number of nitrogens with one attached hydrogen (secondary N) is 1. The molecule has 4 heterocycles. The number of carbonyl (C=O) groups excluding carboxylic acids is 3. The lowest BCUT2D eigenvalue weighted by atomic mass is 10.1. The minimum atomic E-state index is -0.216. The van der Waals surface area contributed by atoms with Crippen LogP contribution >= 0.6 is 23.1 Å². The van der Waals surface area contributed by atoms with E-state index in [4.69, 9.17) is 0 Å². The van der Waals surface area contributed by atoms with Crippen LogP contribution in [0.25, 0.3) is 10.6 Å². The van der Waals surface area contributed by atoms with Crippen molar-refractivity contribution >= 4 is 40.2 Å². The Morgan fingerprint density at radius 3 is 2.83 bits per heavy atom. The van der Waals surface area contributed by atoms with Crippen LogP contribution in [0.2, 0.25) is 0 Å². The molecular weight excluding hydrogens is 336 g/mol. The second-order valence-electron chi connectivity index (χ2n) is 5.33. The summed E-state index contributed by atoms with van der Waals surface area (Å²) in [5.41, 5.74) is 1.15. The summed E-state index contributed by atoms with van der Waals surface area (Å²) >= 11 is 2.58. The highest BCUT2D eigenvalue weighted by atomic mass is 32.2. The normalized spacial score (nSPS) is 18.6. The molecule has 0 saturated carbocycles. The van der Waals surface area contributed by atoms with Gasteiger partial charge < -0.3 is 4.90 Å². The average molecular weight is 348 g/mol. The average Bonchev–Trinajstić information content (AvgIpc) is 3.20. The molecule has 0 radical (unpaired) electrons. The first-order valence-electron chi connectivity index (χ1n) is 7.01. The number of likely N-dealkylation sites (tertiary alicyclic amines) is 1. The molecule has 9 heteroatoms. The van der Waals surface area contributed by atoms with Crippen LogP contribution in [0.1, 0.15) is 10.5 Å². The molecule has 2 fully saturated rings. The molecule has 2 aromatic heterocycles. The zero-order valence-corrected chi connectivity index (χ0v) is 13.5. The molecule has 118 valence electrons. The van der Waals surface area contributed by atoms with Gasteiger partial charge in [-0.2, -0.15) is 5.10 Å². The number of rotatable bonds is 3. The lowest BCUT2D eigenvalue weighted by Gasteiger charge is -2.42. The Balaban J connectivity index is 1.42. The topological polar surface area (TPSA) is 86.4 Å². The first-order valence-corrected chi connectivity index (χ1v) is 8.87. The van der Waals surface area contributed by atoms with Crippen LogP contribution < -0.4 is 0 Å². The van der Waals surface area contributed by atoms with E-state index in [9.17, 15) is 14.4 Å². The molecule has 0 bridgehead atoms. The number of H-pyrrole nitrogens is 1. The van der Waals surface area contributed by atoms with Crippen molar-refractivity contribution in [3.63, 3.8) is 0 Å². The Labute approximate surface area is 139 Å². The van der Waals surface area contributed by atoms with E-state index < -0.39 is 0 Å². The molecule has 2 saturated heterocycles. The molecule has 23 heavy (non-hydrogen) atoms. The van der Waals surface area contributed by atoms with Gasteiger partial charge in [-0.3, -0.25) is 24.4 Å². The number of carbonyl (C=O) groups is 3. The quantitative estimate of drug-likeness (QED) is 0.912. The van der Waals surface area contributed by atoms with Crippen LogP contribution in [0.4, 0.5) is 4.79 Å². The molecule has 0 unspecified atom stereocenters. The Bertz CT molecular complexity index is 764. The monoisotopic (exact) mass is 348 g/mol. The first kappa shape index (κ1) is 14.5. The molecule has 2 aliphatic rings. The molecule has 2 aromatic rings. The van der Waals surface area contributed by atoms with E-state index >= 15 is 0 Å². The molecule has 0 aliphatic carbocycles. The van der Waals surface area contributed by atoms with E-state index in [0.29, 0.717) is 18.8 Å². The van der Waals surface area contributed by atoms with Crippen LogP contribution in [0.15, 0.2) is 23.6 Å². The Morgan fingerprint density at radius 2 is 2.17 bits per heavy atom. The number of thiophene rings is 1. The summed E-state index contributed by atoms with van der Waals surface area (Å²) in [5.74, 6) is -0.156. The molecule has 4 rings (SSSR count). The Morgan fingerprint density at radius 1 is 1.35 bits per heavy atom. The molecule has 0 spiro atoms. The predicted molar refractivity (Wildman–Crippen MR) is 86.3 cm³/mol. The SMILES string of the molecule is O=C(c1cc(-c2cccs2)[nH]n1)N1CC(N2C(=O)CSC2=O)C1. The van der Waals surface area contributed by atoms with Crippen LogP contribution in [0, 0.1) is 0 Å². The van der Waals surface area contributed by atoms with Crippen molar-refractivity contribution in [2.75, 3.05) is 18.8 Å². The highest BCUT2D eigenvalue weighted by Gasteiger charge is 2.43. The summed E-state index contributed by atoms with van der Waals surface area (Å²) in [7, 11) is 0. The Hall–Kier alpha value is -2.13. The predicted octanol–water partition coefficient (Wildman–Crippen LogP) is 1.66. The number of hydrogen-bond acceptors (Lipinski definition) is 6. The summed E-state index contributed by atoms with van der Waals surface area (Å²) in [6, 6.07) is 5.41. The van der Waals surface area contributed by atoms with Crippen molar-refractivity contribution in [2.24, 2.45) is 0 Å². The van der Waals surface area contributed by atoms with Crippen molar-refractivity contribution in [1.82, 2.24) is 20.0 Å². The molecule has 0 atom stereocenters. The van der Waals surface area contributed by atoms with Crippen molar-refractivity contribution in [2.45, 2.75) is 6.04 Å². The number of imide groups is 1. The van der Waals surface area contributed by atoms with E-state index in [2.05, 4.69) is 10.2 Å². The minimum Gasteiger partial charge on any atom is -0.333 e. The van der Waals surface area contributed by atoms with Gasteiger partial charge in [-0.05, 0) is 17.5 Å². The number of amides is 3. The minimum absolute atomic E-state index is 0.170. The van der Waals surface area contributed by atoms with Crippen LogP contribution in [-0.4, -0.2) is 61.9 Å². The van der Waals surface area contributed by atoms with Gasteiger partial charge in [0.15, 0.2) is 5.69 Å². The van der Waals surface area contributed by atoms with Gasteiger partial charge >= 0.3 is 0 Å². The van der Waals surface area contributed by atoms with Crippen molar-refractivity contribution in [1.29, 1.82) is 0 Å². The van der Waals surface area contributed by atoms with Gasteiger partial charge in [-0.25, -0.2) is 0 Å². The van der Waals surface area contributed by atoms with Crippen LogP contribution in [0.5, 0.6) is 0 Å². The van der Waals surface area contributed by atoms with Gasteiger partial charge in [-0.1, -0.05) is 17.8 Å². The zero-order valence-electron chi connectivity index (χ0n) is 11.9. The number of aromatic nitrogens is 2. The van der Waals surface area contributed by atoms with Crippen molar-refractivity contribution in [3.8, 4) is 10.6 Å². The summed E-state index contributed by atoms with van der Waals surface area (Å²) in [4.78, 5) is 39.6.